The van der Waals surface area contributed by atoms with Crippen LogP contribution in [0.3, 0.4) is 0 Å². The van der Waals surface area contributed by atoms with Crippen molar-refractivity contribution in [2.75, 3.05) is 13.2 Å². The van der Waals surface area contributed by atoms with Crippen LogP contribution in [0.1, 0.15) is 6.42 Å². The predicted molar refractivity (Wildman–Crippen MR) is 82.8 cm³/mol. The van der Waals surface area contributed by atoms with Crippen molar-refractivity contribution in [1.29, 1.82) is 0 Å². The summed E-state index contributed by atoms with van der Waals surface area (Å²) >= 11 is 0. The number of carbonyl (C=O) groups excluding carboxylic acids is 2. The Morgan fingerprint density at radius 1 is 0.737 bits per heavy atom. The maximum absolute atomic E-state index is 11.4. The Labute approximate surface area is 118 Å². The van der Waals surface area contributed by atoms with E-state index >= 15 is 0 Å². The number of hydrogen-bond donors (Lipinski definition) is 0. The van der Waals surface area contributed by atoms with Gasteiger partial charge in [-0.3, -0.25) is 9.59 Å². The first-order valence-electron chi connectivity index (χ1n) is 6.81. The molecule has 0 N–H and O–H groups in total. The molecule has 0 bridgehead atoms. The molecular weight excluding hydrogens is 276 g/mol. The zero-order chi connectivity index (χ0) is 15.1. The van der Waals surface area contributed by atoms with Crippen molar-refractivity contribution in [3.05, 3.63) is 0 Å². The van der Waals surface area contributed by atoms with Crippen molar-refractivity contribution in [2.24, 2.45) is 0 Å². The maximum Gasteiger partial charge on any atom is 0.317 e. The van der Waals surface area contributed by atoms with Crippen molar-refractivity contribution in [1.82, 2.24) is 0 Å². The molecule has 6 heteroatoms. The second-order valence-corrected chi connectivity index (χ2v) is 18.5. The topological polar surface area (TPSA) is 52.6 Å². The SMILES string of the molecule is C[Si](C)(C)CCOC(=O)CC(=O)OCC[Si](C)(C)C. The lowest BCUT2D eigenvalue weighted by Gasteiger charge is -2.16. The van der Waals surface area contributed by atoms with Crippen molar-refractivity contribution in [2.45, 2.75) is 57.8 Å². The monoisotopic (exact) mass is 304 g/mol. The summed E-state index contributed by atoms with van der Waals surface area (Å²) in [6.07, 6.45) is -0.266. The third kappa shape index (κ3) is 13.6. The molecule has 0 aliphatic heterocycles. The molecule has 0 saturated carbocycles. The van der Waals surface area contributed by atoms with E-state index in [1.807, 2.05) is 0 Å². The highest BCUT2D eigenvalue weighted by molar-refractivity contribution is 6.76. The fourth-order valence-electron chi connectivity index (χ4n) is 1.16. The third-order valence-electron chi connectivity index (χ3n) is 2.52. The predicted octanol–water partition coefficient (Wildman–Crippen LogP) is 3.14. The highest BCUT2D eigenvalue weighted by Gasteiger charge is 2.17. The van der Waals surface area contributed by atoms with E-state index < -0.39 is 28.1 Å². The summed E-state index contributed by atoms with van der Waals surface area (Å²) < 4.78 is 10.1. The number of ether oxygens (including phenoxy) is 2. The largest absolute Gasteiger partial charge is 0.466 e. The normalized spacial score (nSPS) is 12.1. The molecule has 0 amide bonds. The Hall–Kier alpha value is -0.626. The molecular formula is C13H28O4Si2. The molecule has 0 atom stereocenters. The van der Waals surface area contributed by atoms with Gasteiger partial charge in [0.15, 0.2) is 0 Å². The molecule has 0 fully saturated rings. The summed E-state index contributed by atoms with van der Waals surface area (Å²) in [6.45, 7) is 14.1. The smallest absolute Gasteiger partial charge is 0.317 e. The average molecular weight is 305 g/mol. The van der Waals surface area contributed by atoms with Crippen LogP contribution in [0.2, 0.25) is 51.4 Å². The first-order valence-corrected chi connectivity index (χ1v) is 14.2. The molecule has 112 valence electrons. The quantitative estimate of drug-likeness (QED) is 0.393. The fourth-order valence-corrected chi connectivity index (χ4v) is 2.59. The van der Waals surface area contributed by atoms with Gasteiger partial charge in [0, 0.05) is 16.1 Å². The zero-order valence-electron chi connectivity index (χ0n) is 13.2. The molecule has 0 unspecified atom stereocenters. The van der Waals surface area contributed by atoms with Crippen LogP contribution in [0.5, 0.6) is 0 Å². The van der Waals surface area contributed by atoms with Gasteiger partial charge in [-0.2, -0.15) is 0 Å². The molecule has 0 rings (SSSR count). The van der Waals surface area contributed by atoms with Crippen LogP contribution in [0.15, 0.2) is 0 Å². The lowest BCUT2D eigenvalue weighted by molar-refractivity contribution is -0.153. The molecule has 19 heavy (non-hydrogen) atoms. The minimum Gasteiger partial charge on any atom is -0.466 e. The molecule has 4 nitrogen and oxygen atoms in total. The third-order valence-corrected chi connectivity index (χ3v) is 5.93. The van der Waals surface area contributed by atoms with E-state index in [2.05, 4.69) is 39.3 Å². The zero-order valence-corrected chi connectivity index (χ0v) is 15.2. The van der Waals surface area contributed by atoms with Crippen molar-refractivity contribution in [3.8, 4) is 0 Å². The Balaban J connectivity index is 3.73. The highest BCUT2D eigenvalue weighted by atomic mass is 28.3. The van der Waals surface area contributed by atoms with Gasteiger partial charge < -0.3 is 9.47 Å². The van der Waals surface area contributed by atoms with E-state index in [4.69, 9.17) is 9.47 Å². The summed E-state index contributed by atoms with van der Waals surface area (Å²) in [4.78, 5) is 22.8. The van der Waals surface area contributed by atoms with E-state index in [0.29, 0.717) is 13.2 Å². The van der Waals surface area contributed by atoms with Gasteiger partial charge in [0.05, 0.1) is 13.2 Å². The summed E-state index contributed by atoms with van der Waals surface area (Å²) in [5.74, 6) is -0.951. The molecule has 0 aromatic rings. The van der Waals surface area contributed by atoms with Crippen molar-refractivity contribution in [3.63, 3.8) is 0 Å². The Kier molecular flexibility index (Phi) is 7.58. The van der Waals surface area contributed by atoms with Crippen molar-refractivity contribution >= 4 is 28.1 Å². The fraction of sp³-hybridized carbons (Fsp3) is 0.846. The molecule has 0 spiro atoms. The molecule has 0 aromatic heterocycles. The lowest BCUT2D eigenvalue weighted by atomic mass is 10.4. The second kappa shape index (κ2) is 7.84. The van der Waals surface area contributed by atoms with Crippen LogP contribution in [0.25, 0.3) is 0 Å². The van der Waals surface area contributed by atoms with Gasteiger partial charge in [0.2, 0.25) is 0 Å². The average Bonchev–Trinajstić information content (AvgIpc) is 2.12. The van der Waals surface area contributed by atoms with E-state index in [9.17, 15) is 9.59 Å². The first kappa shape index (κ1) is 18.4. The van der Waals surface area contributed by atoms with Crippen LogP contribution in [0.4, 0.5) is 0 Å². The summed E-state index contributed by atoms with van der Waals surface area (Å²) in [5, 5.41) is 0. The summed E-state index contributed by atoms with van der Waals surface area (Å²) in [5.41, 5.74) is 0. The van der Waals surface area contributed by atoms with Crippen LogP contribution in [0, 0.1) is 0 Å². The Bertz CT molecular complexity index is 273. The molecule has 0 aromatic carbocycles. The molecule has 0 radical (unpaired) electrons. The lowest BCUT2D eigenvalue weighted by Crippen LogP contribution is -2.24. The minimum absolute atomic E-state index is 0.266. The Morgan fingerprint density at radius 3 is 1.32 bits per heavy atom. The summed E-state index contributed by atoms with van der Waals surface area (Å²) in [6, 6.07) is 1.84. The molecule has 0 heterocycles. The number of rotatable bonds is 8. The molecule has 0 aliphatic carbocycles. The van der Waals surface area contributed by atoms with Gasteiger partial charge in [-0.05, 0) is 12.1 Å². The van der Waals surface area contributed by atoms with Crippen molar-refractivity contribution < 1.29 is 19.1 Å². The molecule has 0 saturated heterocycles. The standard InChI is InChI=1S/C13H28O4Si2/c1-18(2,3)9-7-16-12(14)11-13(15)17-8-10-19(4,5)6/h7-11H2,1-6H3. The van der Waals surface area contributed by atoms with E-state index in [1.165, 1.54) is 0 Å². The van der Waals surface area contributed by atoms with Crippen LogP contribution < -0.4 is 0 Å². The van der Waals surface area contributed by atoms with Gasteiger partial charge in [-0.25, -0.2) is 0 Å². The maximum atomic E-state index is 11.4. The van der Waals surface area contributed by atoms with E-state index in [0.717, 1.165) is 12.1 Å². The van der Waals surface area contributed by atoms with Gasteiger partial charge in [0.25, 0.3) is 0 Å². The second-order valence-electron chi connectivity index (χ2n) is 7.24. The van der Waals surface area contributed by atoms with Gasteiger partial charge in [0.1, 0.15) is 6.42 Å². The summed E-state index contributed by atoms with van der Waals surface area (Å²) in [7, 11) is -2.39. The van der Waals surface area contributed by atoms with Crippen LogP contribution in [-0.4, -0.2) is 41.3 Å². The number of hydrogen-bond acceptors (Lipinski definition) is 4. The van der Waals surface area contributed by atoms with Gasteiger partial charge in [-0.1, -0.05) is 39.3 Å². The molecule has 0 aliphatic rings. The van der Waals surface area contributed by atoms with Crippen LogP contribution in [-0.2, 0) is 19.1 Å². The minimum atomic E-state index is -1.19. The van der Waals surface area contributed by atoms with E-state index in [1.54, 1.807) is 0 Å². The highest BCUT2D eigenvalue weighted by Crippen LogP contribution is 2.09. The number of carbonyl (C=O) groups is 2. The van der Waals surface area contributed by atoms with E-state index in [-0.39, 0.29) is 6.42 Å². The first-order chi connectivity index (χ1) is 8.49. The Morgan fingerprint density at radius 2 is 1.05 bits per heavy atom. The number of esters is 2. The van der Waals surface area contributed by atoms with Gasteiger partial charge >= 0.3 is 11.9 Å². The van der Waals surface area contributed by atoms with Crippen LogP contribution >= 0.6 is 0 Å². The van der Waals surface area contributed by atoms with Gasteiger partial charge in [-0.15, -0.1) is 0 Å².